The highest BCUT2D eigenvalue weighted by molar-refractivity contribution is 14.1. The third-order valence-electron chi connectivity index (χ3n) is 3.01. The van der Waals surface area contributed by atoms with Gasteiger partial charge in [-0.1, -0.05) is 22.6 Å². The summed E-state index contributed by atoms with van der Waals surface area (Å²) < 4.78 is 5.31. The molecule has 2 saturated heterocycles. The zero-order valence-electron chi connectivity index (χ0n) is 11.2. The van der Waals surface area contributed by atoms with Crippen molar-refractivity contribution in [2.24, 2.45) is 0 Å². The quantitative estimate of drug-likeness (QED) is 0.309. The number of nitrogens with zero attached hydrogens (tertiary/aromatic N) is 1. The van der Waals surface area contributed by atoms with Gasteiger partial charge >= 0.3 is 5.97 Å². The molecule has 3 atom stereocenters. The molecule has 0 bridgehead atoms. The summed E-state index contributed by atoms with van der Waals surface area (Å²) in [6.07, 6.45) is 0. The zero-order chi connectivity index (χ0) is 13.9. The molecule has 7 heteroatoms. The van der Waals surface area contributed by atoms with E-state index in [1.165, 1.54) is 0 Å². The second-order valence-corrected chi connectivity index (χ2v) is 13.7. The number of carbonyl (C=O) groups is 2. The SMILES string of the molecule is CC1(C)S[C@@H]2[C@H](I)C(=O)N2[C@H]1C(=O)O[Si](C)(C)C. The molecular weight excluding hydrogens is 381 g/mol. The van der Waals surface area contributed by atoms with Gasteiger partial charge in [0.1, 0.15) is 15.3 Å². The summed E-state index contributed by atoms with van der Waals surface area (Å²) >= 11 is 3.86. The van der Waals surface area contributed by atoms with Crippen molar-refractivity contribution >= 4 is 54.5 Å². The molecule has 4 nitrogen and oxygen atoms in total. The normalized spacial score (nSPS) is 34.0. The van der Waals surface area contributed by atoms with Gasteiger partial charge in [0.2, 0.25) is 14.2 Å². The first kappa shape index (κ1) is 14.6. The number of alkyl halides is 1. The highest BCUT2D eigenvalue weighted by Crippen LogP contribution is 2.53. The number of carbonyl (C=O) groups excluding carboxylic acids is 2. The molecule has 0 aromatic carbocycles. The third-order valence-corrected chi connectivity index (χ3v) is 7.09. The average molecular weight is 399 g/mol. The maximum Gasteiger partial charge on any atom is 0.317 e. The second kappa shape index (κ2) is 4.37. The van der Waals surface area contributed by atoms with E-state index in [4.69, 9.17) is 4.43 Å². The molecule has 0 aromatic heterocycles. The monoisotopic (exact) mass is 399 g/mol. The van der Waals surface area contributed by atoms with Crippen molar-refractivity contribution in [3.05, 3.63) is 0 Å². The predicted octanol–water partition coefficient (Wildman–Crippen LogP) is 2.23. The van der Waals surface area contributed by atoms with Gasteiger partial charge in [0.15, 0.2) is 0 Å². The number of fused-ring (bicyclic) bond motifs is 1. The van der Waals surface area contributed by atoms with Crippen molar-refractivity contribution in [2.75, 3.05) is 0 Å². The van der Waals surface area contributed by atoms with Crippen molar-refractivity contribution in [3.63, 3.8) is 0 Å². The van der Waals surface area contributed by atoms with E-state index in [0.29, 0.717) is 0 Å². The molecule has 1 amide bonds. The van der Waals surface area contributed by atoms with E-state index in [0.717, 1.165) is 0 Å². The van der Waals surface area contributed by atoms with Gasteiger partial charge in [-0.25, -0.2) is 0 Å². The number of amides is 1. The Labute approximate surface area is 126 Å². The van der Waals surface area contributed by atoms with Gasteiger partial charge in [-0.05, 0) is 33.5 Å². The summed E-state index contributed by atoms with van der Waals surface area (Å²) in [7, 11) is -1.92. The summed E-state index contributed by atoms with van der Waals surface area (Å²) in [5.41, 5.74) is 0. The Hall–Kier alpha value is 0.237. The van der Waals surface area contributed by atoms with Gasteiger partial charge in [-0.2, -0.15) is 0 Å². The number of hydrogen-bond acceptors (Lipinski definition) is 4. The van der Waals surface area contributed by atoms with Crippen LogP contribution in [0, 0.1) is 0 Å². The van der Waals surface area contributed by atoms with Crippen molar-refractivity contribution < 1.29 is 14.0 Å². The smallest absolute Gasteiger partial charge is 0.317 e. The number of β-lactam (4-membered cyclic amide) rings is 1. The lowest BCUT2D eigenvalue weighted by molar-refractivity contribution is -0.154. The van der Waals surface area contributed by atoms with Gasteiger partial charge in [0, 0.05) is 4.75 Å². The molecule has 102 valence electrons. The lowest BCUT2D eigenvalue weighted by Gasteiger charge is -2.41. The van der Waals surface area contributed by atoms with Crippen molar-refractivity contribution in [1.82, 2.24) is 4.90 Å². The van der Waals surface area contributed by atoms with E-state index in [9.17, 15) is 9.59 Å². The van der Waals surface area contributed by atoms with Crippen molar-refractivity contribution in [1.29, 1.82) is 0 Å². The molecule has 2 fully saturated rings. The fourth-order valence-corrected chi connectivity index (χ4v) is 5.66. The van der Waals surface area contributed by atoms with Crippen LogP contribution in [0.4, 0.5) is 0 Å². The molecule has 18 heavy (non-hydrogen) atoms. The van der Waals surface area contributed by atoms with Crippen LogP contribution in [0.25, 0.3) is 0 Å². The highest BCUT2D eigenvalue weighted by atomic mass is 127. The van der Waals surface area contributed by atoms with Crippen LogP contribution in [-0.4, -0.2) is 45.2 Å². The summed E-state index contributed by atoms with van der Waals surface area (Å²) in [4.78, 5) is 26.0. The fourth-order valence-electron chi connectivity index (χ4n) is 2.30. The molecule has 0 radical (unpaired) electrons. The Kier molecular flexibility index (Phi) is 3.56. The summed E-state index contributed by atoms with van der Waals surface area (Å²) in [6.45, 7) is 9.98. The van der Waals surface area contributed by atoms with E-state index in [2.05, 4.69) is 22.6 Å². The van der Waals surface area contributed by atoms with Gasteiger partial charge in [0.25, 0.3) is 0 Å². The van der Waals surface area contributed by atoms with Crippen LogP contribution in [0.15, 0.2) is 0 Å². The highest BCUT2D eigenvalue weighted by Gasteiger charge is 2.63. The Morgan fingerprint density at radius 3 is 2.50 bits per heavy atom. The zero-order valence-corrected chi connectivity index (χ0v) is 15.2. The maximum absolute atomic E-state index is 12.3. The Bertz CT molecular complexity index is 410. The van der Waals surface area contributed by atoms with Crippen LogP contribution < -0.4 is 0 Å². The Morgan fingerprint density at radius 2 is 2.00 bits per heavy atom. The van der Waals surface area contributed by atoms with E-state index in [1.54, 1.807) is 16.7 Å². The number of halogens is 1. The predicted molar refractivity (Wildman–Crippen MR) is 83.3 cm³/mol. The number of rotatable bonds is 2. The number of hydrogen-bond donors (Lipinski definition) is 0. The first-order chi connectivity index (χ1) is 8.04. The minimum absolute atomic E-state index is 0.00319. The van der Waals surface area contributed by atoms with E-state index < -0.39 is 14.4 Å². The summed E-state index contributed by atoms with van der Waals surface area (Å²) in [5, 5.41) is 0.132. The van der Waals surface area contributed by atoms with Gasteiger partial charge in [-0.15, -0.1) is 11.8 Å². The Morgan fingerprint density at radius 1 is 1.44 bits per heavy atom. The minimum Gasteiger partial charge on any atom is -0.518 e. The van der Waals surface area contributed by atoms with E-state index >= 15 is 0 Å². The molecule has 0 unspecified atom stereocenters. The fraction of sp³-hybridized carbons (Fsp3) is 0.818. The van der Waals surface area contributed by atoms with Gasteiger partial charge < -0.3 is 9.33 Å². The maximum atomic E-state index is 12.3. The molecule has 0 saturated carbocycles. The molecule has 0 aliphatic carbocycles. The molecule has 0 aromatic rings. The summed E-state index contributed by atoms with van der Waals surface area (Å²) in [5.74, 6) is -0.165. The molecule has 2 heterocycles. The lowest BCUT2D eigenvalue weighted by Crippen LogP contribution is -2.64. The first-order valence-corrected chi connectivity index (χ1v) is 11.4. The molecule has 2 rings (SSSR count). The van der Waals surface area contributed by atoms with Crippen LogP contribution in [-0.2, 0) is 14.0 Å². The lowest BCUT2D eigenvalue weighted by atomic mass is 9.98. The van der Waals surface area contributed by atoms with Crippen molar-refractivity contribution in [2.45, 2.75) is 53.6 Å². The molecular formula is C11H18INO3SSi. The van der Waals surface area contributed by atoms with Crippen LogP contribution in [0.1, 0.15) is 13.8 Å². The first-order valence-electron chi connectivity index (χ1n) is 5.91. The average Bonchev–Trinajstić information content (AvgIpc) is 2.44. The van der Waals surface area contributed by atoms with Gasteiger partial charge in [0.05, 0.1) is 0 Å². The van der Waals surface area contributed by atoms with Crippen LogP contribution in [0.3, 0.4) is 0 Å². The van der Waals surface area contributed by atoms with Crippen molar-refractivity contribution in [3.8, 4) is 0 Å². The number of thioether (sulfide) groups is 1. The van der Waals surface area contributed by atoms with Gasteiger partial charge in [-0.3, -0.25) is 9.59 Å². The van der Waals surface area contributed by atoms with E-state index in [1.807, 2.05) is 33.5 Å². The van der Waals surface area contributed by atoms with E-state index in [-0.39, 0.29) is 25.9 Å². The largest absolute Gasteiger partial charge is 0.518 e. The van der Waals surface area contributed by atoms with Crippen LogP contribution in [0.5, 0.6) is 0 Å². The topological polar surface area (TPSA) is 46.6 Å². The summed E-state index contributed by atoms with van der Waals surface area (Å²) in [6, 6.07) is -0.433. The molecule has 2 aliphatic heterocycles. The van der Waals surface area contributed by atoms with Crippen LogP contribution >= 0.6 is 34.4 Å². The third kappa shape index (κ3) is 2.33. The minimum atomic E-state index is -1.92. The molecule has 2 aliphatic rings. The van der Waals surface area contributed by atoms with Crippen LogP contribution in [0.2, 0.25) is 19.6 Å². The Balaban J connectivity index is 2.21. The second-order valence-electron chi connectivity index (χ2n) is 6.20. The standard InChI is InChI=1S/C11H18INO3SSi/c1-11(2)7(10(15)16-18(3,4)5)13-8(14)6(12)9(13)17-11/h6-7,9H,1-5H3/t6-,7+,9-/m1/s1. The molecule has 0 N–H and O–H groups in total. The molecule has 0 spiro atoms.